The number of aliphatic hydroxyl groups is 2. The molecule has 2 bridgehead atoms. The zero-order valence-electron chi connectivity index (χ0n) is 20.1. The smallest absolute Gasteiger partial charge is 0.331 e. The number of hydrogen-bond donors (Lipinski definition) is 2. The lowest BCUT2D eigenvalue weighted by molar-refractivity contribution is -0.167. The van der Waals surface area contributed by atoms with Crippen LogP contribution in [0.25, 0.3) is 6.08 Å². The van der Waals surface area contributed by atoms with Gasteiger partial charge in [-0.2, -0.15) is 0 Å². The number of benzene rings is 1. The fourth-order valence-electron chi connectivity index (χ4n) is 5.11. The van der Waals surface area contributed by atoms with Crippen LogP contribution in [0.1, 0.15) is 59.4 Å². The van der Waals surface area contributed by atoms with Crippen molar-refractivity contribution in [1.29, 1.82) is 0 Å². The monoisotopic (exact) mass is 460 g/mol. The average Bonchev–Trinajstić information content (AvgIpc) is 3.08. The zero-order chi connectivity index (χ0) is 24.4. The SMILES string of the molecule is CC(=O)O[C@H]1CC[C@@](C)(O)[C@H]2O[C@@H](C[C@@]1(C)O)[C@@H](C(C)C)[C@H]2OC(=O)C=Cc1ccccc1. The van der Waals surface area contributed by atoms with E-state index >= 15 is 0 Å². The highest BCUT2D eigenvalue weighted by atomic mass is 16.6. The molecule has 182 valence electrons. The highest BCUT2D eigenvalue weighted by molar-refractivity contribution is 5.87. The second-order valence-electron chi connectivity index (χ2n) is 10.1. The number of carbonyl (C=O) groups is 2. The number of fused-ring (bicyclic) bond motifs is 2. The predicted octanol–water partition coefficient (Wildman–Crippen LogP) is 3.27. The largest absolute Gasteiger partial charge is 0.460 e. The summed E-state index contributed by atoms with van der Waals surface area (Å²) in [5, 5.41) is 22.6. The van der Waals surface area contributed by atoms with E-state index in [4.69, 9.17) is 14.2 Å². The number of rotatable bonds is 5. The van der Waals surface area contributed by atoms with Crippen LogP contribution in [0, 0.1) is 11.8 Å². The molecule has 7 nitrogen and oxygen atoms in total. The van der Waals surface area contributed by atoms with Crippen LogP contribution >= 0.6 is 0 Å². The van der Waals surface area contributed by atoms with E-state index < -0.39 is 47.6 Å². The lowest BCUT2D eigenvalue weighted by Gasteiger charge is -2.38. The molecule has 0 saturated carbocycles. The fourth-order valence-corrected chi connectivity index (χ4v) is 5.11. The fraction of sp³-hybridized carbons (Fsp3) is 0.615. The van der Waals surface area contributed by atoms with Gasteiger partial charge < -0.3 is 24.4 Å². The summed E-state index contributed by atoms with van der Waals surface area (Å²) in [6, 6.07) is 9.44. The molecule has 0 spiro atoms. The van der Waals surface area contributed by atoms with Crippen LogP contribution in [-0.2, 0) is 23.8 Å². The molecule has 2 heterocycles. The molecular formula is C26H36O7. The Morgan fingerprint density at radius 2 is 1.79 bits per heavy atom. The first kappa shape index (κ1) is 25.4. The molecule has 0 radical (unpaired) electrons. The van der Waals surface area contributed by atoms with Gasteiger partial charge in [-0.3, -0.25) is 4.79 Å². The van der Waals surface area contributed by atoms with Crippen molar-refractivity contribution in [2.24, 2.45) is 11.8 Å². The normalized spacial score (nSPS) is 36.8. The quantitative estimate of drug-likeness (QED) is 0.514. The van der Waals surface area contributed by atoms with Gasteiger partial charge in [0, 0.05) is 25.3 Å². The Hall–Kier alpha value is -2.22. The molecule has 2 aliphatic heterocycles. The summed E-state index contributed by atoms with van der Waals surface area (Å²) in [5.74, 6) is -1.20. The van der Waals surface area contributed by atoms with Crippen molar-refractivity contribution in [2.45, 2.75) is 89.5 Å². The highest BCUT2D eigenvalue weighted by Crippen LogP contribution is 2.45. The second kappa shape index (κ2) is 9.95. The van der Waals surface area contributed by atoms with Crippen LogP contribution in [0.5, 0.6) is 0 Å². The molecule has 2 N–H and O–H groups in total. The molecule has 0 unspecified atom stereocenters. The van der Waals surface area contributed by atoms with Gasteiger partial charge >= 0.3 is 11.9 Å². The third-order valence-corrected chi connectivity index (χ3v) is 6.80. The van der Waals surface area contributed by atoms with Crippen molar-refractivity contribution < 1.29 is 34.0 Å². The van der Waals surface area contributed by atoms with Gasteiger partial charge in [0.2, 0.25) is 0 Å². The Balaban J connectivity index is 1.87. The van der Waals surface area contributed by atoms with E-state index in [1.54, 1.807) is 19.9 Å². The number of hydrogen-bond acceptors (Lipinski definition) is 7. The maximum absolute atomic E-state index is 12.7. The van der Waals surface area contributed by atoms with Gasteiger partial charge in [-0.1, -0.05) is 44.2 Å². The second-order valence-corrected chi connectivity index (χ2v) is 10.1. The van der Waals surface area contributed by atoms with Crippen molar-refractivity contribution in [3.8, 4) is 0 Å². The molecule has 0 aliphatic carbocycles. The van der Waals surface area contributed by atoms with E-state index in [0.29, 0.717) is 0 Å². The molecule has 2 saturated heterocycles. The first-order chi connectivity index (χ1) is 15.4. The molecular weight excluding hydrogens is 424 g/mol. The molecule has 1 aromatic carbocycles. The zero-order valence-corrected chi connectivity index (χ0v) is 20.1. The van der Waals surface area contributed by atoms with Crippen LogP contribution in [-0.4, -0.2) is 57.8 Å². The summed E-state index contributed by atoms with van der Waals surface area (Å²) in [6.45, 7) is 8.58. The molecule has 3 rings (SSSR count). The molecule has 33 heavy (non-hydrogen) atoms. The summed E-state index contributed by atoms with van der Waals surface area (Å²) in [7, 11) is 0. The Labute approximate surface area is 195 Å². The molecule has 2 aliphatic rings. The molecule has 7 atom stereocenters. The molecule has 0 aromatic heterocycles. The maximum Gasteiger partial charge on any atom is 0.331 e. The summed E-state index contributed by atoms with van der Waals surface area (Å²) >= 11 is 0. The van der Waals surface area contributed by atoms with E-state index in [1.165, 1.54) is 13.0 Å². The van der Waals surface area contributed by atoms with Crippen LogP contribution < -0.4 is 0 Å². The van der Waals surface area contributed by atoms with Crippen LogP contribution in [0.15, 0.2) is 36.4 Å². The Kier molecular flexibility index (Phi) is 7.66. The van der Waals surface area contributed by atoms with Gasteiger partial charge in [-0.05, 0) is 44.2 Å². The first-order valence-corrected chi connectivity index (χ1v) is 11.6. The molecule has 7 heteroatoms. The minimum absolute atomic E-state index is 0.0501. The van der Waals surface area contributed by atoms with Gasteiger partial charge in [-0.15, -0.1) is 0 Å². The number of esters is 2. The van der Waals surface area contributed by atoms with E-state index in [1.807, 2.05) is 44.2 Å². The topological polar surface area (TPSA) is 102 Å². The molecule has 1 aromatic rings. The van der Waals surface area contributed by atoms with E-state index in [-0.39, 0.29) is 31.1 Å². The van der Waals surface area contributed by atoms with Crippen molar-refractivity contribution >= 4 is 18.0 Å². The third-order valence-electron chi connectivity index (χ3n) is 6.80. The predicted molar refractivity (Wildman–Crippen MR) is 123 cm³/mol. The molecule has 2 fully saturated rings. The lowest BCUT2D eigenvalue weighted by atomic mass is 9.75. The first-order valence-electron chi connectivity index (χ1n) is 11.6. The van der Waals surface area contributed by atoms with Gasteiger partial charge in [-0.25, -0.2) is 4.79 Å². The van der Waals surface area contributed by atoms with Crippen molar-refractivity contribution in [3.63, 3.8) is 0 Å². The van der Waals surface area contributed by atoms with E-state index in [0.717, 1.165) is 5.56 Å². The van der Waals surface area contributed by atoms with Gasteiger partial charge in [0.1, 0.15) is 23.9 Å². The van der Waals surface area contributed by atoms with Gasteiger partial charge in [0.05, 0.1) is 11.7 Å². The van der Waals surface area contributed by atoms with E-state index in [9.17, 15) is 19.8 Å². The Bertz CT molecular complexity index is 859. The van der Waals surface area contributed by atoms with Crippen LogP contribution in [0.4, 0.5) is 0 Å². The highest BCUT2D eigenvalue weighted by Gasteiger charge is 2.57. The minimum Gasteiger partial charge on any atom is -0.460 e. The minimum atomic E-state index is -1.36. The van der Waals surface area contributed by atoms with Crippen LogP contribution in [0.2, 0.25) is 0 Å². The van der Waals surface area contributed by atoms with Crippen LogP contribution in [0.3, 0.4) is 0 Å². The van der Waals surface area contributed by atoms with Gasteiger partial charge in [0.25, 0.3) is 0 Å². The van der Waals surface area contributed by atoms with Crippen molar-refractivity contribution in [2.75, 3.05) is 0 Å². The van der Waals surface area contributed by atoms with Crippen molar-refractivity contribution in [3.05, 3.63) is 42.0 Å². The summed E-state index contributed by atoms with van der Waals surface area (Å²) in [4.78, 5) is 24.4. The lowest BCUT2D eigenvalue weighted by Crippen LogP contribution is -2.51. The third kappa shape index (κ3) is 6.02. The standard InChI is InChI=1S/C26H36O7/c1-16(2)22-19-15-26(5,30)20(31-17(3)27)13-14-25(4,29)24(32-19)23(22)33-21(28)12-11-18-9-7-6-8-10-18/h6-12,16,19-20,22-24,29-30H,13-15H2,1-5H3/t19-,20-,22+,23+,24-,25+,26+/m0/s1. The molecule has 0 amide bonds. The Morgan fingerprint density at radius 3 is 2.39 bits per heavy atom. The van der Waals surface area contributed by atoms with E-state index in [2.05, 4.69) is 0 Å². The summed E-state index contributed by atoms with van der Waals surface area (Å²) in [6.07, 6.45) is 1.01. The van der Waals surface area contributed by atoms with Crippen molar-refractivity contribution in [1.82, 2.24) is 0 Å². The Morgan fingerprint density at radius 1 is 1.12 bits per heavy atom. The maximum atomic E-state index is 12.7. The number of ether oxygens (including phenoxy) is 3. The van der Waals surface area contributed by atoms with Gasteiger partial charge in [0.15, 0.2) is 0 Å². The number of carbonyl (C=O) groups excluding carboxylic acids is 2. The summed E-state index contributed by atoms with van der Waals surface area (Å²) in [5.41, 5.74) is -1.84. The summed E-state index contributed by atoms with van der Waals surface area (Å²) < 4.78 is 17.6. The average molecular weight is 461 g/mol.